The van der Waals surface area contributed by atoms with Gasteiger partial charge in [0.1, 0.15) is 18.0 Å². The summed E-state index contributed by atoms with van der Waals surface area (Å²) in [6.45, 7) is 7.16. The predicted molar refractivity (Wildman–Crippen MR) is 71.7 cm³/mol. The molecule has 0 spiro atoms. The van der Waals surface area contributed by atoms with Gasteiger partial charge >= 0.3 is 0 Å². The van der Waals surface area contributed by atoms with Crippen molar-refractivity contribution in [3.8, 4) is 0 Å². The van der Waals surface area contributed by atoms with E-state index < -0.39 is 0 Å². The van der Waals surface area contributed by atoms with E-state index in [1.165, 1.54) is 0 Å². The standard InChI is InChI=1S/C12H19N5O/c1-2-3-14-11-6-12(16-9-15-11)17-4-5-18-10(7-13)8-17/h2,6,9-10H,1,3-5,7-8,13H2,(H,14,15,16). The maximum Gasteiger partial charge on any atom is 0.134 e. The first-order chi connectivity index (χ1) is 8.83. The van der Waals surface area contributed by atoms with Crippen LogP contribution in [-0.2, 0) is 4.74 Å². The predicted octanol–water partition coefficient (Wildman–Crippen LogP) is 0.238. The van der Waals surface area contributed by atoms with Crippen LogP contribution in [0.15, 0.2) is 25.0 Å². The number of ether oxygens (including phenoxy) is 1. The molecule has 1 aromatic rings. The minimum Gasteiger partial charge on any atom is -0.373 e. The van der Waals surface area contributed by atoms with Crippen molar-refractivity contribution in [3.05, 3.63) is 25.0 Å². The van der Waals surface area contributed by atoms with Crippen LogP contribution in [0.1, 0.15) is 0 Å². The molecule has 1 saturated heterocycles. The Bertz CT molecular complexity index is 398. The Morgan fingerprint density at radius 1 is 1.61 bits per heavy atom. The van der Waals surface area contributed by atoms with Gasteiger partial charge in [0, 0.05) is 32.2 Å². The average molecular weight is 249 g/mol. The fourth-order valence-corrected chi connectivity index (χ4v) is 1.86. The first-order valence-electron chi connectivity index (χ1n) is 6.07. The Morgan fingerprint density at radius 2 is 2.50 bits per heavy atom. The van der Waals surface area contributed by atoms with Crippen molar-refractivity contribution >= 4 is 11.6 Å². The van der Waals surface area contributed by atoms with Crippen LogP contribution in [0.2, 0.25) is 0 Å². The Kier molecular flexibility index (Phi) is 4.49. The monoisotopic (exact) mass is 249 g/mol. The van der Waals surface area contributed by atoms with Gasteiger partial charge in [0.15, 0.2) is 0 Å². The normalized spacial score (nSPS) is 19.6. The van der Waals surface area contributed by atoms with E-state index in [0.717, 1.165) is 24.7 Å². The Balaban J connectivity index is 2.05. The highest BCUT2D eigenvalue weighted by atomic mass is 16.5. The largest absolute Gasteiger partial charge is 0.373 e. The molecule has 1 aromatic heterocycles. The van der Waals surface area contributed by atoms with E-state index in [-0.39, 0.29) is 6.10 Å². The third-order valence-corrected chi connectivity index (χ3v) is 2.81. The van der Waals surface area contributed by atoms with Gasteiger partial charge in [0.2, 0.25) is 0 Å². The summed E-state index contributed by atoms with van der Waals surface area (Å²) in [6.07, 6.45) is 3.44. The van der Waals surface area contributed by atoms with Crippen molar-refractivity contribution in [1.29, 1.82) is 0 Å². The summed E-state index contributed by atoms with van der Waals surface area (Å²) in [7, 11) is 0. The lowest BCUT2D eigenvalue weighted by Gasteiger charge is -2.33. The second-order valence-electron chi connectivity index (χ2n) is 4.11. The number of nitrogens with zero attached hydrogens (tertiary/aromatic N) is 3. The van der Waals surface area contributed by atoms with E-state index in [2.05, 4.69) is 26.8 Å². The first-order valence-corrected chi connectivity index (χ1v) is 6.07. The Labute approximate surface area is 107 Å². The number of nitrogens with one attached hydrogen (secondary N) is 1. The molecule has 1 unspecified atom stereocenters. The molecule has 1 atom stereocenters. The van der Waals surface area contributed by atoms with Crippen LogP contribution >= 0.6 is 0 Å². The molecule has 0 amide bonds. The van der Waals surface area contributed by atoms with Crippen molar-refractivity contribution in [2.75, 3.05) is 43.0 Å². The molecule has 1 fully saturated rings. The summed E-state index contributed by atoms with van der Waals surface area (Å²) in [5, 5.41) is 3.15. The van der Waals surface area contributed by atoms with E-state index in [1.54, 1.807) is 12.4 Å². The summed E-state index contributed by atoms with van der Waals surface area (Å²) in [6, 6.07) is 1.93. The molecule has 1 aliphatic rings. The molecule has 98 valence electrons. The van der Waals surface area contributed by atoms with Crippen molar-refractivity contribution in [2.24, 2.45) is 5.73 Å². The van der Waals surface area contributed by atoms with E-state index in [0.29, 0.717) is 19.7 Å². The van der Waals surface area contributed by atoms with Crippen molar-refractivity contribution < 1.29 is 4.74 Å². The van der Waals surface area contributed by atoms with E-state index in [1.807, 2.05) is 6.07 Å². The summed E-state index contributed by atoms with van der Waals surface area (Å²) >= 11 is 0. The molecule has 0 aromatic carbocycles. The van der Waals surface area contributed by atoms with Gasteiger partial charge in [-0.05, 0) is 0 Å². The van der Waals surface area contributed by atoms with Crippen molar-refractivity contribution in [1.82, 2.24) is 9.97 Å². The molecule has 6 nitrogen and oxygen atoms in total. The smallest absolute Gasteiger partial charge is 0.134 e. The number of hydrogen-bond acceptors (Lipinski definition) is 6. The number of hydrogen-bond donors (Lipinski definition) is 2. The fourth-order valence-electron chi connectivity index (χ4n) is 1.86. The zero-order valence-electron chi connectivity index (χ0n) is 10.4. The molecule has 0 aliphatic carbocycles. The molecular weight excluding hydrogens is 230 g/mol. The number of rotatable bonds is 5. The average Bonchev–Trinajstić information content (AvgIpc) is 2.45. The van der Waals surface area contributed by atoms with E-state index >= 15 is 0 Å². The van der Waals surface area contributed by atoms with Gasteiger partial charge in [-0.15, -0.1) is 6.58 Å². The number of morpholine rings is 1. The molecule has 2 heterocycles. The second-order valence-corrected chi connectivity index (χ2v) is 4.11. The molecule has 1 aliphatic heterocycles. The van der Waals surface area contributed by atoms with Gasteiger partial charge in [-0.3, -0.25) is 0 Å². The van der Waals surface area contributed by atoms with Crippen LogP contribution in [0.25, 0.3) is 0 Å². The lowest BCUT2D eigenvalue weighted by Crippen LogP contribution is -2.46. The van der Waals surface area contributed by atoms with Gasteiger partial charge in [-0.25, -0.2) is 9.97 Å². The quantitative estimate of drug-likeness (QED) is 0.728. The Morgan fingerprint density at radius 3 is 3.28 bits per heavy atom. The van der Waals surface area contributed by atoms with Gasteiger partial charge in [0.05, 0.1) is 12.7 Å². The molecule has 0 bridgehead atoms. The minimum absolute atomic E-state index is 0.0818. The molecular formula is C12H19N5O. The third-order valence-electron chi connectivity index (χ3n) is 2.81. The van der Waals surface area contributed by atoms with Crippen LogP contribution in [0, 0.1) is 0 Å². The molecule has 6 heteroatoms. The van der Waals surface area contributed by atoms with Crippen LogP contribution < -0.4 is 16.0 Å². The highest BCUT2D eigenvalue weighted by Crippen LogP contribution is 2.17. The van der Waals surface area contributed by atoms with Gasteiger partial charge in [-0.1, -0.05) is 6.08 Å². The number of nitrogens with two attached hydrogens (primary N) is 1. The highest BCUT2D eigenvalue weighted by molar-refractivity contribution is 5.49. The van der Waals surface area contributed by atoms with Crippen LogP contribution in [0.4, 0.5) is 11.6 Å². The van der Waals surface area contributed by atoms with E-state index in [9.17, 15) is 0 Å². The summed E-state index contributed by atoms with van der Waals surface area (Å²) in [5.74, 6) is 1.70. The Hall–Kier alpha value is -1.66. The van der Waals surface area contributed by atoms with Crippen LogP contribution in [-0.4, -0.2) is 48.9 Å². The molecule has 2 rings (SSSR count). The zero-order chi connectivity index (χ0) is 12.8. The van der Waals surface area contributed by atoms with Gasteiger partial charge in [0.25, 0.3) is 0 Å². The lowest BCUT2D eigenvalue weighted by molar-refractivity contribution is 0.0463. The number of aromatic nitrogens is 2. The van der Waals surface area contributed by atoms with Gasteiger partial charge in [-0.2, -0.15) is 0 Å². The maximum absolute atomic E-state index is 5.63. The van der Waals surface area contributed by atoms with Crippen molar-refractivity contribution in [2.45, 2.75) is 6.10 Å². The van der Waals surface area contributed by atoms with E-state index in [4.69, 9.17) is 10.5 Å². The zero-order valence-corrected chi connectivity index (χ0v) is 10.4. The minimum atomic E-state index is 0.0818. The topological polar surface area (TPSA) is 76.3 Å². The summed E-state index contributed by atoms with van der Waals surface area (Å²) in [4.78, 5) is 10.6. The molecule has 18 heavy (non-hydrogen) atoms. The maximum atomic E-state index is 5.63. The molecule has 3 N–H and O–H groups in total. The van der Waals surface area contributed by atoms with Crippen LogP contribution in [0.5, 0.6) is 0 Å². The molecule has 0 saturated carbocycles. The van der Waals surface area contributed by atoms with Crippen molar-refractivity contribution in [3.63, 3.8) is 0 Å². The second kappa shape index (κ2) is 6.32. The number of anilines is 2. The highest BCUT2D eigenvalue weighted by Gasteiger charge is 2.20. The van der Waals surface area contributed by atoms with Gasteiger partial charge < -0.3 is 20.7 Å². The lowest BCUT2D eigenvalue weighted by atomic mass is 10.2. The fraction of sp³-hybridized carbons (Fsp3) is 0.500. The molecule has 0 radical (unpaired) electrons. The third kappa shape index (κ3) is 3.18. The first kappa shape index (κ1) is 12.8. The summed E-state index contributed by atoms with van der Waals surface area (Å²) < 4.78 is 5.54. The summed E-state index contributed by atoms with van der Waals surface area (Å²) in [5.41, 5.74) is 5.63. The van der Waals surface area contributed by atoms with Crippen LogP contribution in [0.3, 0.4) is 0 Å². The SMILES string of the molecule is C=CCNc1cc(N2CCOC(CN)C2)ncn1.